The highest BCUT2D eigenvalue weighted by Gasteiger charge is 2.38. The molecule has 1 aliphatic rings. The highest BCUT2D eigenvalue weighted by molar-refractivity contribution is 6.04. The monoisotopic (exact) mass is 488 g/mol. The molecular formula is C23H23F3N6O3. The molecule has 0 aliphatic carbocycles. The van der Waals surface area contributed by atoms with Crippen LogP contribution in [0.4, 0.5) is 24.7 Å². The number of amides is 1. The summed E-state index contributed by atoms with van der Waals surface area (Å²) in [5, 5.41) is 30.7. The summed E-state index contributed by atoms with van der Waals surface area (Å²) in [6.45, 7) is 1.96. The van der Waals surface area contributed by atoms with E-state index in [9.17, 15) is 23.2 Å². The van der Waals surface area contributed by atoms with Gasteiger partial charge in [-0.3, -0.25) is 4.79 Å². The third kappa shape index (κ3) is 6.94. The zero-order valence-electron chi connectivity index (χ0n) is 18.5. The Bertz CT molecular complexity index is 1230. The van der Waals surface area contributed by atoms with Crippen molar-refractivity contribution in [2.24, 2.45) is 0 Å². The first-order valence-electron chi connectivity index (χ1n) is 10.8. The van der Waals surface area contributed by atoms with Crippen LogP contribution < -0.4 is 16.0 Å². The van der Waals surface area contributed by atoms with Crippen molar-refractivity contribution >= 4 is 28.9 Å². The molecule has 1 aliphatic heterocycles. The van der Waals surface area contributed by atoms with Gasteiger partial charge in [0.2, 0.25) is 0 Å². The van der Waals surface area contributed by atoms with E-state index < -0.39 is 12.1 Å². The Morgan fingerprint density at radius 2 is 1.86 bits per heavy atom. The predicted molar refractivity (Wildman–Crippen MR) is 122 cm³/mol. The summed E-state index contributed by atoms with van der Waals surface area (Å²) in [5.74, 6) is -2.32. The first-order valence-corrected chi connectivity index (χ1v) is 10.8. The number of alkyl halides is 3. The van der Waals surface area contributed by atoms with Crippen molar-refractivity contribution in [2.45, 2.75) is 31.5 Å². The van der Waals surface area contributed by atoms with E-state index in [1.54, 1.807) is 34.8 Å². The number of para-hydroxylation sites is 1. The number of carbonyl (C=O) groups is 2. The molecule has 2 aromatic heterocycles. The van der Waals surface area contributed by atoms with Gasteiger partial charge in [0.05, 0.1) is 16.8 Å². The Morgan fingerprint density at radius 3 is 2.57 bits per heavy atom. The quantitative estimate of drug-likeness (QED) is 0.441. The van der Waals surface area contributed by atoms with Gasteiger partial charge in [-0.1, -0.05) is 18.6 Å². The van der Waals surface area contributed by atoms with Crippen molar-refractivity contribution in [1.82, 2.24) is 14.9 Å². The molecule has 12 heteroatoms. The van der Waals surface area contributed by atoms with Gasteiger partial charge < -0.3 is 21.1 Å². The second kappa shape index (κ2) is 11.3. The lowest BCUT2D eigenvalue weighted by Crippen LogP contribution is -2.31. The van der Waals surface area contributed by atoms with Crippen LogP contribution in [0.2, 0.25) is 0 Å². The summed E-state index contributed by atoms with van der Waals surface area (Å²) in [4.78, 5) is 21.7. The number of aliphatic carboxylic acids is 1. The van der Waals surface area contributed by atoms with E-state index in [2.05, 4.69) is 27.1 Å². The standard InChI is InChI=1S/C21H22N6O.C2HF3O2/c22-13-15-5-1-2-7-18(15)25-21(28)19-10-8-17-9-11-20(26-27(17)19)24-16-6-3-4-12-23-14-16;3-2(4,5)1(6)7/h1-2,5,7-11,16,23H,3-4,6,12,14H2,(H,24,26)(H,25,28);(H,6,7)/t16-;/m1./s1. The molecule has 4 rings (SSSR count). The summed E-state index contributed by atoms with van der Waals surface area (Å²) in [6.07, 6.45) is -1.62. The zero-order valence-corrected chi connectivity index (χ0v) is 18.5. The molecule has 3 heterocycles. The molecular weight excluding hydrogens is 465 g/mol. The molecule has 0 spiro atoms. The Morgan fingerprint density at radius 1 is 1.14 bits per heavy atom. The SMILES string of the molecule is N#Cc1ccccc1NC(=O)c1ccc2ccc(N[C@@H]3CCCCNC3)nn12.O=C(O)C(F)(F)F. The Labute approximate surface area is 198 Å². The fraction of sp³-hybridized carbons (Fsp3) is 0.304. The van der Waals surface area contributed by atoms with E-state index in [-0.39, 0.29) is 5.91 Å². The Kier molecular flexibility index (Phi) is 8.27. The fourth-order valence-electron chi connectivity index (χ4n) is 3.46. The van der Waals surface area contributed by atoms with E-state index in [0.29, 0.717) is 23.0 Å². The molecule has 0 unspecified atom stereocenters. The van der Waals surface area contributed by atoms with E-state index in [1.807, 2.05) is 18.2 Å². The van der Waals surface area contributed by atoms with Gasteiger partial charge in [-0.15, -0.1) is 5.10 Å². The first-order chi connectivity index (χ1) is 16.7. The maximum atomic E-state index is 12.8. The molecule has 1 aromatic carbocycles. The smallest absolute Gasteiger partial charge is 0.475 e. The highest BCUT2D eigenvalue weighted by atomic mass is 19.4. The molecule has 0 saturated carbocycles. The summed E-state index contributed by atoms with van der Waals surface area (Å²) in [7, 11) is 0. The van der Waals surface area contributed by atoms with Crippen LogP contribution in [0.5, 0.6) is 0 Å². The summed E-state index contributed by atoms with van der Waals surface area (Å²) in [5.41, 5.74) is 2.17. The van der Waals surface area contributed by atoms with Crippen LogP contribution >= 0.6 is 0 Å². The van der Waals surface area contributed by atoms with E-state index in [1.165, 1.54) is 12.8 Å². The minimum Gasteiger partial charge on any atom is -0.475 e. The van der Waals surface area contributed by atoms with E-state index in [0.717, 1.165) is 30.8 Å². The molecule has 1 amide bonds. The van der Waals surface area contributed by atoms with Crippen molar-refractivity contribution in [1.29, 1.82) is 5.26 Å². The third-order valence-corrected chi connectivity index (χ3v) is 5.17. The highest BCUT2D eigenvalue weighted by Crippen LogP contribution is 2.18. The van der Waals surface area contributed by atoms with Gasteiger partial charge >= 0.3 is 12.1 Å². The van der Waals surface area contributed by atoms with Gasteiger partial charge in [0, 0.05) is 12.6 Å². The van der Waals surface area contributed by atoms with Crippen LogP contribution in [0.15, 0.2) is 48.5 Å². The van der Waals surface area contributed by atoms with Crippen molar-refractivity contribution < 1.29 is 27.9 Å². The lowest BCUT2D eigenvalue weighted by atomic mass is 10.1. The predicted octanol–water partition coefficient (Wildman–Crippen LogP) is 3.65. The minimum absolute atomic E-state index is 0.302. The van der Waals surface area contributed by atoms with Gasteiger partial charge in [0.15, 0.2) is 0 Å². The largest absolute Gasteiger partial charge is 0.490 e. The number of hydrogen-bond acceptors (Lipinski definition) is 6. The van der Waals surface area contributed by atoms with Crippen molar-refractivity contribution in [3.05, 3.63) is 59.8 Å². The molecule has 184 valence electrons. The number of carboxylic acid groups (broad SMARTS) is 1. The number of fused-ring (bicyclic) bond motifs is 1. The van der Waals surface area contributed by atoms with Crippen LogP contribution in [-0.4, -0.2) is 51.9 Å². The number of nitriles is 1. The average Bonchev–Trinajstić information content (AvgIpc) is 3.07. The Balaban J connectivity index is 0.000000429. The number of anilines is 2. The van der Waals surface area contributed by atoms with Crippen LogP contribution in [0.1, 0.15) is 35.3 Å². The van der Waals surface area contributed by atoms with Gasteiger partial charge in [0.1, 0.15) is 17.6 Å². The molecule has 3 aromatic rings. The average molecular weight is 488 g/mol. The number of nitrogens with zero attached hydrogens (tertiary/aromatic N) is 3. The first kappa shape index (κ1) is 25.5. The van der Waals surface area contributed by atoms with Gasteiger partial charge in [0.25, 0.3) is 5.91 Å². The number of carbonyl (C=O) groups excluding carboxylic acids is 1. The number of benzene rings is 1. The Hall–Kier alpha value is -4.11. The number of hydrogen-bond donors (Lipinski definition) is 4. The maximum absolute atomic E-state index is 12.8. The minimum atomic E-state index is -5.08. The van der Waals surface area contributed by atoms with Gasteiger partial charge in [-0.25, -0.2) is 9.31 Å². The summed E-state index contributed by atoms with van der Waals surface area (Å²) >= 11 is 0. The van der Waals surface area contributed by atoms with Gasteiger partial charge in [-0.2, -0.15) is 18.4 Å². The maximum Gasteiger partial charge on any atom is 0.490 e. The van der Waals surface area contributed by atoms with E-state index in [4.69, 9.17) is 9.90 Å². The molecule has 4 N–H and O–H groups in total. The molecule has 0 radical (unpaired) electrons. The zero-order chi connectivity index (χ0) is 25.4. The topological polar surface area (TPSA) is 132 Å². The molecule has 35 heavy (non-hydrogen) atoms. The van der Waals surface area contributed by atoms with Crippen LogP contribution in [0.25, 0.3) is 5.52 Å². The molecule has 9 nitrogen and oxygen atoms in total. The third-order valence-electron chi connectivity index (χ3n) is 5.17. The number of halogens is 3. The number of aromatic nitrogens is 2. The molecule has 1 fully saturated rings. The van der Waals surface area contributed by atoms with Crippen molar-refractivity contribution in [2.75, 3.05) is 23.7 Å². The lowest BCUT2D eigenvalue weighted by molar-refractivity contribution is -0.192. The summed E-state index contributed by atoms with van der Waals surface area (Å²) < 4.78 is 33.4. The second-order valence-electron chi connectivity index (χ2n) is 7.73. The number of carboxylic acids is 1. The molecule has 1 atom stereocenters. The van der Waals surface area contributed by atoms with Crippen molar-refractivity contribution in [3.63, 3.8) is 0 Å². The second-order valence-corrected chi connectivity index (χ2v) is 7.73. The number of nitrogens with one attached hydrogen (secondary N) is 3. The van der Waals surface area contributed by atoms with Crippen molar-refractivity contribution in [3.8, 4) is 6.07 Å². The number of rotatable bonds is 4. The molecule has 1 saturated heterocycles. The van der Waals surface area contributed by atoms with E-state index >= 15 is 0 Å². The van der Waals surface area contributed by atoms with Crippen LogP contribution in [-0.2, 0) is 4.79 Å². The van der Waals surface area contributed by atoms with Crippen LogP contribution in [0, 0.1) is 11.3 Å². The van der Waals surface area contributed by atoms with Gasteiger partial charge in [-0.05, 0) is 55.8 Å². The molecule has 0 bridgehead atoms. The summed E-state index contributed by atoms with van der Waals surface area (Å²) in [6, 6.07) is 16.8. The normalized spacial score (nSPS) is 15.8. The fourth-order valence-corrected chi connectivity index (χ4v) is 3.46. The van der Waals surface area contributed by atoms with Crippen LogP contribution in [0.3, 0.4) is 0 Å². The lowest BCUT2D eigenvalue weighted by Gasteiger charge is -2.17.